The van der Waals surface area contributed by atoms with Gasteiger partial charge in [0.15, 0.2) is 0 Å². The van der Waals surface area contributed by atoms with Gasteiger partial charge in [0.25, 0.3) is 0 Å². The molecule has 2 aromatic heterocycles. The Bertz CT molecular complexity index is 1610. The fourth-order valence-electron chi connectivity index (χ4n) is 3.70. The second-order valence-electron chi connectivity index (χ2n) is 8.05. The molecule has 5 nitrogen and oxygen atoms in total. The molecule has 186 valence electrons. The van der Waals surface area contributed by atoms with Gasteiger partial charge in [0.1, 0.15) is 0 Å². The quantitative estimate of drug-likeness (QED) is 0.196. The summed E-state index contributed by atoms with van der Waals surface area (Å²) < 4.78 is 45.3. The molecular formula is C27H19BrF3N5S. The Labute approximate surface area is 223 Å². The zero-order valence-electron chi connectivity index (χ0n) is 19.4. The molecule has 0 spiro atoms. The van der Waals surface area contributed by atoms with Gasteiger partial charge in [0.2, 0.25) is 4.80 Å². The third kappa shape index (κ3) is 5.50. The van der Waals surface area contributed by atoms with E-state index in [2.05, 4.69) is 25.9 Å². The topological polar surface area (TPSA) is 47.5 Å². The van der Waals surface area contributed by atoms with Crippen LogP contribution >= 0.6 is 27.3 Å². The molecule has 0 aliphatic heterocycles. The first-order valence-corrected chi connectivity index (χ1v) is 12.8. The predicted octanol–water partition coefficient (Wildman–Crippen LogP) is 7.69. The second kappa shape index (κ2) is 10.3. The van der Waals surface area contributed by atoms with Gasteiger partial charge in [-0.05, 0) is 48.9 Å². The molecule has 5 rings (SSSR count). The van der Waals surface area contributed by atoms with E-state index in [1.807, 2.05) is 71.6 Å². The molecule has 0 atom stereocenters. The van der Waals surface area contributed by atoms with Gasteiger partial charge in [0.05, 0.1) is 29.0 Å². The number of para-hydroxylation sites is 1. The van der Waals surface area contributed by atoms with E-state index in [9.17, 15) is 13.2 Å². The van der Waals surface area contributed by atoms with Gasteiger partial charge in [-0.15, -0.1) is 11.3 Å². The van der Waals surface area contributed by atoms with Crippen molar-refractivity contribution in [3.63, 3.8) is 0 Å². The number of hydrogen-bond acceptors (Lipinski definition) is 4. The minimum absolute atomic E-state index is 0.162. The summed E-state index contributed by atoms with van der Waals surface area (Å²) in [4.78, 5) is 8.79. The molecule has 0 saturated heterocycles. The van der Waals surface area contributed by atoms with Crippen molar-refractivity contribution in [1.82, 2.24) is 14.2 Å². The summed E-state index contributed by atoms with van der Waals surface area (Å²) >= 11 is 4.67. The standard InChI is InChI=1S/C27H19BrF3N5S/c1-18(19-8-12-22(13-9-19)35-15-14-32-17-35)34-36-25(20-6-10-21(28)11-7-20)16-37-26(36)33-24-5-3-2-4-23(24)27(29,30)31/h2-17H,1H3. The van der Waals surface area contributed by atoms with Crippen LogP contribution in [0.1, 0.15) is 18.1 Å². The monoisotopic (exact) mass is 581 g/mol. The molecule has 37 heavy (non-hydrogen) atoms. The molecular weight excluding hydrogens is 563 g/mol. The third-order valence-electron chi connectivity index (χ3n) is 5.59. The van der Waals surface area contributed by atoms with Crippen LogP contribution in [0.3, 0.4) is 0 Å². The molecule has 0 saturated carbocycles. The van der Waals surface area contributed by atoms with Crippen molar-refractivity contribution in [2.45, 2.75) is 13.1 Å². The summed E-state index contributed by atoms with van der Waals surface area (Å²) in [6.07, 6.45) is 0.759. The van der Waals surface area contributed by atoms with Gasteiger partial charge in [-0.3, -0.25) is 0 Å². The minimum atomic E-state index is -4.52. The molecule has 5 aromatic rings. The lowest BCUT2D eigenvalue weighted by molar-refractivity contribution is -0.137. The van der Waals surface area contributed by atoms with Crippen LogP contribution in [0.25, 0.3) is 16.9 Å². The molecule has 3 aromatic carbocycles. The highest BCUT2D eigenvalue weighted by Crippen LogP contribution is 2.36. The maximum atomic E-state index is 13.6. The van der Waals surface area contributed by atoms with Crippen molar-refractivity contribution in [2.24, 2.45) is 10.1 Å². The van der Waals surface area contributed by atoms with Gasteiger partial charge < -0.3 is 4.57 Å². The highest BCUT2D eigenvalue weighted by molar-refractivity contribution is 9.10. The van der Waals surface area contributed by atoms with E-state index in [-0.39, 0.29) is 5.69 Å². The van der Waals surface area contributed by atoms with Crippen molar-refractivity contribution in [1.29, 1.82) is 0 Å². The number of imidazole rings is 1. The van der Waals surface area contributed by atoms with Gasteiger partial charge in [-0.25, -0.2) is 14.7 Å². The van der Waals surface area contributed by atoms with E-state index in [1.54, 1.807) is 17.2 Å². The highest BCUT2D eigenvalue weighted by Gasteiger charge is 2.33. The molecule has 0 N–H and O–H groups in total. The first-order chi connectivity index (χ1) is 17.8. The maximum Gasteiger partial charge on any atom is 0.418 e. The normalized spacial score (nSPS) is 12.8. The number of benzene rings is 3. The Hall–Kier alpha value is -3.76. The number of hydrogen-bond donors (Lipinski definition) is 0. The van der Waals surface area contributed by atoms with E-state index in [0.29, 0.717) is 10.5 Å². The maximum absolute atomic E-state index is 13.6. The van der Waals surface area contributed by atoms with Crippen molar-refractivity contribution in [3.8, 4) is 16.9 Å². The number of alkyl halides is 3. The SMILES string of the molecule is CC(=Nn1c(-c2ccc(Br)cc2)csc1=Nc1ccccc1C(F)(F)F)c1ccc(-n2ccnc2)cc1. The first kappa shape index (κ1) is 24.9. The van der Waals surface area contributed by atoms with Crippen LogP contribution in [0.5, 0.6) is 0 Å². The lowest BCUT2D eigenvalue weighted by Crippen LogP contribution is -2.14. The summed E-state index contributed by atoms with van der Waals surface area (Å²) in [5.74, 6) is 0. The Balaban J connectivity index is 1.63. The lowest BCUT2D eigenvalue weighted by Gasteiger charge is -2.10. The van der Waals surface area contributed by atoms with Gasteiger partial charge in [0, 0.05) is 33.5 Å². The van der Waals surface area contributed by atoms with E-state index in [4.69, 9.17) is 5.10 Å². The van der Waals surface area contributed by atoms with Crippen molar-refractivity contribution in [3.05, 3.63) is 117 Å². The molecule has 0 aliphatic rings. The summed E-state index contributed by atoms with van der Waals surface area (Å²) in [6.45, 7) is 1.86. The van der Waals surface area contributed by atoms with Gasteiger partial charge in [-0.1, -0.05) is 52.3 Å². The zero-order chi connectivity index (χ0) is 26.0. The third-order valence-corrected chi connectivity index (χ3v) is 6.93. The summed E-state index contributed by atoms with van der Waals surface area (Å²) in [6, 6.07) is 20.7. The van der Waals surface area contributed by atoms with Crippen LogP contribution in [-0.4, -0.2) is 19.9 Å². The number of aromatic nitrogens is 3. The van der Waals surface area contributed by atoms with Crippen LogP contribution in [0.2, 0.25) is 0 Å². The number of thiazole rings is 1. The van der Waals surface area contributed by atoms with Gasteiger partial charge >= 0.3 is 6.18 Å². The first-order valence-electron chi connectivity index (χ1n) is 11.1. The van der Waals surface area contributed by atoms with Gasteiger partial charge in [-0.2, -0.15) is 18.3 Å². The van der Waals surface area contributed by atoms with Crippen molar-refractivity contribution in [2.75, 3.05) is 0 Å². The van der Waals surface area contributed by atoms with Crippen LogP contribution in [0.4, 0.5) is 18.9 Å². The fourth-order valence-corrected chi connectivity index (χ4v) is 4.81. The van der Waals surface area contributed by atoms with Crippen molar-refractivity contribution < 1.29 is 13.2 Å². The smallest absolute Gasteiger partial charge is 0.306 e. The van der Waals surface area contributed by atoms with Crippen LogP contribution in [0, 0.1) is 0 Å². The average molecular weight is 582 g/mol. The summed E-state index contributed by atoms with van der Waals surface area (Å²) in [5, 5.41) is 6.65. The van der Waals surface area contributed by atoms with E-state index in [1.165, 1.54) is 29.5 Å². The minimum Gasteiger partial charge on any atom is -0.306 e. The second-order valence-corrected chi connectivity index (χ2v) is 9.80. The summed E-state index contributed by atoms with van der Waals surface area (Å²) in [7, 11) is 0. The number of halogens is 4. The highest BCUT2D eigenvalue weighted by atomic mass is 79.9. The molecule has 10 heteroatoms. The molecule has 0 radical (unpaired) electrons. The predicted molar refractivity (Wildman–Crippen MR) is 143 cm³/mol. The molecule has 0 unspecified atom stereocenters. The summed E-state index contributed by atoms with van der Waals surface area (Å²) in [5.41, 5.74) is 3.12. The Morgan fingerprint density at radius 2 is 1.70 bits per heavy atom. The number of nitrogens with zero attached hydrogens (tertiary/aromatic N) is 5. The molecule has 0 bridgehead atoms. The van der Waals surface area contributed by atoms with Crippen LogP contribution < -0.4 is 4.80 Å². The van der Waals surface area contributed by atoms with E-state index in [0.717, 1.165) is 33.0 Å². The van der Waals surface area contributed by atoms with Crippen LogP contribution in [-0.2, 0) is 6.18 Å². The lowest BCUT2D eigenvalue weighted by atomic mass is 10.1. The molecule has 0 aliphatic carbocycles. The Morgan fingerprint density at radius 3 is 2.38 bits per heavy atom. The van der Waals surface area contributed by atoms with E-state index >= 15 is 0 Å². The molecule has 0 amide bonds. The van der Waals surface area contributed by atoms with E-state index < -0.39 is 11.7 Å². The number of rotatable bonds is 5. The molecule has 2 heterocycles. The van der Waals surface area contributed by atoms with Crippen LogP contribution in [0.15, 0.2) is 111 Å². The van der Waals surface area contributed by atoms with Crippen molar-refractivity contribution >= 4 is 38.7 Å². The fraction of sp³-hybridized carbons (Fsp3) is 0.0741. The Kier molecular flexibility index (Phi) is 6.94. The molecule has 0 fully saturated rings. The zero-order valence-corrected chi connectivity index (χ0v) is 21.8. The Morgan fingerprint density at radius 1 is 0.973 bits per heavy atom. The average Bonchev–Trinajstić information content (AvgIpc) is 3.56. The largest absolute Gasteiger partial charge is 0.418 e.